The number of carbonyl (C=O) groups excluding carboxylic acids is 1. The van der Waals surface area contributed by atoms with Gasteiger partial charge in [-0.1, -0.05) is 26.7 Å². The number of hydrogen-bond acceptors (Lipinski definition) is 3. The standard InChI is InChI=1S/C20H39N3O/c1-3-11-23(12-4-2)20(24)18-22-15-9-10-19(17-22)16-21-13-7-5-6-8-14-21/h19H,3-18H2,1-2H3. The summed E-state index contributed by atoms with van der Waals surface area (Å²) >= 11 is 0. The lowest BCUT2D eigenvalue weighted by Gasteiger charge is -2.36. The quantitative estimate of drug-likeness (QED) is 0.680. The van der Waals surface area contributed by atoms with Gasteiger partial charge in [0.15, 0.2) is 0 Å². The Labute approximate surface area is 149 Å². The molecule has 2 fully saturated rings. The number of piperidine rings is 1. The van der Waals surface area contributed by atoms with Crippen molar-refractivity contribution in [1.82, 2.24) is 14.7 Å². The number of rotatable bonds is 8. The van der Waals surface area contributed by atoms with E-state index in [4.69, 9.17) is 0 Å². The fraction of sp³-hybridized carbons (Fsp3) is 0.950. The average Bonchev–Trinajstić information content (AvgIpc) is 2.83. The van der Waals surface area contributed by atoms with Crippen molar-refractivity contribution in [3.63, 3.8) is 0 Å². The molecule has 0 aromatic carbocycles. The molecular formula is C20H39N3O. The van der Waals surface area contributed by atoms with Crippen LogP contribution >= 0.6 is 0 Å². The summed E-state index contributed by atoms with van der Waals surface area (Å²) in [5.74, 6) is 1.10. The van der Waals surface area contributed by atoms with Gasteiger partial charge in [0.25, 0.3) is 0 Å². The van der Waals surface area contributed by atoms with E-state index in [1.54, 1.807) is 0 Å². The molecule has 1 unspecified atom stereocenters. The van der Waals surface area contributed by atoms with Crippen LogP contribution in [0.5, 0.6) is 0 Å². The van der Waals surface area contributed by atoms with E-state index in [2.05, 4.69) is 28.5 Å². The Morgan fingerprint density at radius 3 is 2.17 bits per heavy atom. The van der Waals surface area contributed by atoms with Gasteiger partial charge in [-0.3, -0.25) is 9.69 Å². The Morgan fingerprint density at radius 2 is 1.54 bits per heavy atom. The molecule has 1 atom stereocenters. The minimum Gasteiger partial charge on any atom is -0.342 e. The SMILES string of the molecule is CCCN(CCC)C(=O)CN1CCCC(CN2CCCCCC2)C1. The molecule has 0 bridgehead atoms. The first-order chi connectivity index (χ1) is 11.7. The Balaban J connectivity index is 1.77. The number of likely N-dealkylation sites (tertiary alicyclic amines) is 2. The molecule has 1 amide bonds. The van der Waals surface area contributed by atoms with Crippen molar-refractivity contribution in [1.29, 1.82) is 0 Å². The number of hydrogen-bond donors (Lipinski definition) is 0. The van der Waals surface area contributed by atoms with Crippen LogP contribution in [-0.2, 0) is 4.79 Å². The highest BCUT2D eigenvalue weighted by Gasteiger charge is 2.25. The molecule has 2 rings (SSSR count). The Morgan fingerprint density at radius 1 is 0.917 bits per heavy atom. The zero-order chi connectivity index (χ0) is 17.2. The van der Waals surface area contributed by atoms with E-state index in [9.17, 15) is 4.79 Å². The van der Waals surface area contributed by atoms with E-state index < -0.39 is 0 Å². The van der Waals surface area contributed by atoms with Crippen molar-refractivity contribution in [3.8, 4) is 0 Å². The number of amides is 1. The zero-order valence-corrected chi connectivity index (χ0v) is 16.1. The lowest BCUT2D eigenvalue weighted by molar-refractivity contribution is -0.133. The van der Waals surface area contributed by atoms with Crippen molar-refractivity contribution in [2.45, 2.75) is 65.2 Å². The van der Waals surface area contributed by atoms with Crippen LogP contribution in [0.3, 0.4) is 0 Å². The van der Waals surface area contributed by atoms with Crippen LogP contribution in [0.15, 0.2) is 0 Å². The summed E-state index contributed by atoms with van der Waals surface area (Å²) in [5.41, 5.74) is 0. The van der Waals surface area contributed by atoms with Crippen molar-refractivity contribution in [2.75, 3.05) is 52.4 Å². The Bertz CT molecular complexity index is 347. The highest BCUT2D eigenvalue weighted by Crippen LogP contribution is 2.20. The molecule has 2 aliphatic heterocycles. The predicted octanol–water partition coefficient (Wildman–Crippen LogP) is 3.22. The van der Waals surface area contributed by atoms with Crippen LogP contribution in [0.25, 0.3) is 0 Å². The summed E-state index contributed by atoms with van der Waals surface area (Å²) in [5, 5.41) is 0. The van der Waals surface area contributed by atoms with Gasteiger partial charge in [0.2, 0.25) is 5.91 Å². The van der Waals surface area contributed by atoms with Gasteiger partial charge in [-0.2, -0.15) is 0 Å². The van der Waals surface area contributed by atoms with Crippen LogP contribution in [0, 0.1) is 5.92 Å². The molecule has 140 valence electrons. The van der Waals surface area contributed by atoms with Gasteiger partial charge in [0.1, 0.15) is 0 Å². The number of nitrogens with zero attached hydrogens (tertiary/aromatic N) is 3. The first-order valence-electron chi connectivity index (χ1n) is 10.5. The maximum atomic E-state index is 12.6. The van der Waals surface area contributed by atoms with Gasteiger partial charge in [0.05, 0.1) is 6.54 Å². The largest absolute Gasteiger partial charge is 0.342 e. The normalized spacial score (nSPS) is 23.8. The highest BCUT2D eigenvalue weighted by atomic mass is 16.2. The molecule has 2 aliphatic rings. The lowest BCUT2D eigenvalue weighted by Crippen LogP contribution is -2.46. The first-order valence-corrected chi connectivity index (χ1v) is 10.5. The minimum atomic E-state index is 0.342. The fourth-order valence-electron chi connectivity index (χ4n) is 4.32. The predicted molar refractivity (Wildman–Crippen MR) is 101 cm³/mol. The summed E-state index contributed by atoms with van der Waals surface area (Å²) in [6.07, 6.45) is 10.3. The second-order valence-corrected chi connectivity index (χ2v) is 7.84. The third kappa shape index (κ3) is 6.72. The van der Waals surface area contributed by atoms with Gasteiger partial charge >= 0.3 is 0 Å². The van der Waals surface area contributed by atoms with Crippen molar-refractivity contribution < 1.29 is 4.79 Å². The molecule has 24 heavy (non-hydrogen) atoms. The van der Waals surface area contributed by atoms with Gasteiger partial charge in [-0.05, 0) is 64.1 Å². The third-order valence-corrected chi connectivity index (χ3v) is 5.52. The van der Waals surface area contributed by atoms with Crippen LogP contribution < -0.4 is 0 Å². The summed E-state index contributed by atoms with van der Waals surface area (Å²) in [4.78, 5) is 19.8. The fourth-order valence-corrected chi connectivity index (χ4v) is 4.32. The van der Waals surface area contributed by atoms with Crippen molar-refractivity contribution in [3.05, 3.63) is 0 Å². The second-order valence-electron chi connectivity index (χ2n) is 7.84. The van der Waals surface area contributed by atoms with Crippen LogP contribution in [0.2, 0.25) is 0 Å². The molecule has 2 heterocycles. The maximum absolute atomic E-state index is 12.6. The molecule has 0 saturated carbocycles. The summed E-state index contributed by atoms with van der Waals surface area (Å²) in [6.45, 7) is 12.8. The summed E-state index contributed by atoms with van der Waals surface area (Å²) < 4.78 is 0. The topological polar surface area (TPSA) is 26.8 Å². The molecule has 4 nitrogen and oxygen atoms in total. The van der Waals surface area contributed by atoms with Gasteiger partial charge in [0, 0.05) is 26.2 Å². The van der Waals surface area contributed by atoms with E-state index in [1.807, 2.05) is 0 Å². The van der Waals surface area contributed by atoms with Gasteiger partial charge in [-0.15, -0.1) is 0 Å². The molecule has 0 aliphatic carbocycles. The summed E-state index contributed by atoms with van der Waals surface area (Å²) in [7, 11) is 0. The van der Waals surface area contributed by atoms with Gasteiger partial charge in [-0.25, -0.2) is 0 Å². The molecule has 0 N–H and O–H groups in total. The Hall–Kier alpha value is -0.610. The first kappa shape index (κ1) is 19.7. The molecule has 0 spiro atoms. The van der Waals surface area contributed by atoms with E-state index in [1.165, 1.54) is 58.2 Å². The third-order valence-electron chi connectivity index (χ3n) is 5.52. The molecule has 4 heteroatoms. The van der Waals surface area contributed by atoms with Crippen LogP contribution in [0.4, 0.5) is 0 Å². The summed E-state index contributed by atoms with van der Waals surface area (Å²) in [6, 6.07) is 0. The van der Waals surface area contributed by atoms with E-state index >= 15 is 0 Å². The number of carbonyl (C=O) groups is 1. The van der Waals surface area contributed by atoms with Crippen LogP contribution in [0.1, 0.15) is 65.2 Å². The van der Waals surface area contributed by atoms with Gasteiger partial charge < -0.3 is 9.80 Å². The monoisotopic (exact) mass is 337 g/mol. The Kier molecular flexibility index (Phi) is 9.11. The molecule has 0 aromatic heterocycles. The minimum absolute atomic E-state index is 0.342. The van der Waals surface area contributed by atoms with Crippen molar-refractivity contribution >= 4 is 5.91 Å². The zero-order valence-electron chi connectivity index (χ0n) is 16.1. The smallest absolute Gasteiger partial charge is 0.236 e. The van der Waals surface area contributed by atoms with E-state index in [0.717, 1.165) is 44.9 Å². The van der Waals surface area contributed by atoms with E-state index in [-0.39, 0.29) is 0 Å². The lowest BCUT2D eigenvalue weighted by atomic mass is 9.97. The molecular weight excluding hydrogens is 298 g/mol. The second kappa shape index (κ2) is 11.1. The molecule has 0 aromatic rings. The van der Waals surface area contributed by atoms with Crippen molar-refractivity contribution in [2.24, 2.45) is 5.92 Å². The molecule has 2 saturated heterocycles. The average molecular weight is 338 g/mol. The highest BCUT2D eigenvalue weighted by molar-refractivity contribution is 5.78. The maximum Gasteiger partial charge on any atom is 0.236 e. The molecule has 0 radical (unpaired) electrons. The van der Waals surface area contributed by atoms with Crippen LogP contribution in [-0.4, -0.2) is 73.0 Å². The van der Waals surface area contributed by atoms with E-state index in [0.29, 0.717) is 12.5 Å².